The number of methoxy groups -OCH3 is 1. The van der Waals surface area contributed by atoms with E-state index in [0.29, 0.717) is 0 Å². The average molecular weight is 123 g/mol. The van der Waals surface area contributed by atoms with Crippen molar-refractivity contribution < 1.29 is 4.74 Å². The van der Waals surface area contributed by atoms with Crippen molar-refractivity contribution in [2.24, 2.45) is 0 Å². The molecule has 9 heavy (non-hydrogen) atoms. The molecule has 1 aliphatic rings. The van der Waals surface area contributed by atoms with Gasteiger partial charge in [0, 0.05) is 20.1 Å². The molecule has 0 aromatic heterocycles. The Balaban J connectivity index is 2.14. The first-order valence-electron chi connectivity index (χ1n) is 3.13. The van der Waals surface area contributed by atoms with Gasteiger partial charge in [-0.3, -0.25) is 0 Å². The third-order valence-corrected chi connectivity index (χ3v) is 1.33. The maximum absolute atomic E-state index is 4.92. The van der Waals surface area contributed by atoms with Gasteiger partial charge in [-0.1, -0.05) is 23.8 Å². The Bertz CT molecular complexity index is 134. The fourth-order valence-corrected chi connectivity index (χ4v) is 0.800. The van der Waals surface area contributed by atoms with Gasteiger partial charge in [0.05, 0.1) is 0 Å². The van der Waals surface area contributed by atoms with Gasteiger partial charge in [-0.15, -0.1) is 0 Å². The summed E-state index contributed by atoms with van der Waals surface area (Å²) < 4.78 is 4.92. The Morgan fingerprint density at radius 2 is 2.33 bits per heavy atom. The largest absolute Gasteiger partial charge is 0.384 e. The van der Waals surface area contributed by atoms with Crippen LogP contribution in [0.2, 0.25) is 0 Å². The summed E-state index contributed by atoms with van der Waals surface area (Å²) in [6, 6.07) is 0. The van der Waals surface area contributed by atoms with Crippen molar-refractivity contribution >= 4 is 0 Å². The summed E-state index contributed by atoms with van der Waals surface area (Å²) in [5.74, 6) is 0. The maximum Gasteiger partial charge on any atom is 0.0499 e. The van der Waals surface area contributed by atoms with Gasteiger partial charge < -0.3 is 4.74 Å². The minimum absolute atomic E-state index is 0.823. The molecule has 0 aliphatic heterocycles. The molecule has 1 radical (unpaired) electrons. The van der Waals surface area contributed by atoms with Gasteiger partial charge in [0.15, 0.2) is 0 Å². The molecule has 0 N–H and O–H groups in total. The first-order chi connectivity index (χ1) is 4.43. The summed E-state index contributed by atoms with van der Waals surface area (Å²) in [5.41, 5.74) is 1.36. The molecule has 0 spiro atoms. The average Bonchev–Trinajstić information content (AvgIpc) is 2.34. The highest BCUT2D eigenvalue weighted by Crippen LogP contribution is 2.12. The van der Waals surface area contributed by atoms with Gasteiger partial charge in [-0.2, -0.15) is 0 Å². The van der Waals surface area contributed by atoms with Crippen LogP contribution >= 0.6 is 0 Å². The molecule has 1 heteroatoms. The van der Waals surface area contributed by atoms with E-state index in [2.05, 4.69) is 12.5 Å². The Morgan fingerprint density at radius 1 is 1.44 bits per heavy atom. The quantitative estimate of drug-likeness (QED) is 0.555. The predicted octanol–water partition coefficient (Wildman–Crippen LogP) is 1.72. The number of ether oxygens (including phenoxy) is 1. The van der Waals surface area contributed by atoms with Crippen LogP contribution in [0.3, 0.4) is 0 Å². The van der Waals surface area contributed by atoms with E-state index in [-0.39, 0.29) is 0 Å². The van der Waals surface area contributed by atoms with Gasteiger partial charge in [0.1, 0.15) is 0 Å². The minimum Gasteiger partial charge on any atom is -0.384 e. The lowest BCUT2D eigenvalue weighted by Crippen LogP contribution is -1.89. The summed E-state index contributed by atoms with van der Waals surface area (Å²) in [6.07, 6.45) is 9.34. The van der Waals surface area contributed by atoms with Gasteiger partial charge in [0.25, 0.3) is 0 Å². The Labute approximate surface area is 56.0 Å². The van der Waals surface area contributed by atoms with E-state index in [0.717, 1.165) is 13.0 Å². The van der Waals surface area contributed by atoms with E-state index in [4.69, 9.17) is 4.74 Å². The molecule has 0 heterocycles. The number of rotatable bonds is 3. The fourth-order valence-electron chi connectivity index (χ4n) is 0.800. The van der Waals surface area contributed by atoms with Crippen LogP contribution in [0.1, 0.15) is 6.42 Å². The highest BCUT2D eigenvalue weighted by molar-refractivity contribution is 5.33. The molecular formula is C8H11O. The standard InChI is InChI=1S/C8H11O/c1-9-7-6-8-4-2-3-5-8/h2-5H,6-7H2,1H3. The van der Waals surface area contributed by atoms with E-state index >= 15 is 0 Å². The van der Waals surface area contributed by atoms with Gasteiger partial charge in [0.2, 0.25) is 0 Å². The van der Waals surface area contributed by atoms with E-state index in [1.165, 1.54) is 5.57 Å². The molecule has 0 aromatic carbocycles. The summed E-state index contributed by atoms with van der Waals surface area (Å²) in [4.78, 5) is 0. The smallest absolute Gasteiger partial charge is 0.0499 e. The van der Waals surface area contributed by atoms with Crippen molar-refractivity contribution in [1.82, 2.24) is 0 Å². The SMILES string of the molecule is COCCC1=CC=C[CH]1. The molecule has 0 aromatic rings. The third kappa shape index (κ3) is 2.02. The topological polar surface area (TPSA) is 9.23 Å². The van der Waals surface area contributed by atoms with E-state index in [9.17, 15) is 0 Å². The van der Waals surface area contributed by atoms with Crippen LogP contribution < -0.4 is 0 Å². The minimum atomic E-state index is 0.823. The Morgan fingerprint density at radius 3 is 2.89 bits per heavy atom. The number of hydrogen-bond acceptors (Lipinski definition) is 1. The summed E-state index contributed by atoms with van der Waals surface area (Å²) in [5, 5.41) is 0. The second-order valence-corrected chi connectivity index (χ2v) is 2.04. The first-order valence-corrected chi connectivity index (χ1v) is 3.13. The van der Waals surface area contributed by atoms with Crippen LogP contribution in [0, 0.1) is 6.42 Å². The molecule has 1 nitrogen and oxygen atoms in total. The molecule has 0 atom stereocenters. The second-order valence-electron chi connectivity index (χ2n) is 2.04. The predicted molar refractivity (Wildman–Crippen MR) is 38.0 cm³/mol. The van der Waals surface area contributed by atoms with Gasteiger partial charge in [-0.25, -0.2) is 0 Å². The third-order valence-electron chi connectivity index (χ3n) is 1.33. The molecule has 1 rings (SSSR count). The molecule has 49 valence electrons. The molecule has 0 amide bonds. The van der Waals surface area contributed by atoms with Crippen molar-refractivity contribution in [2.45, 2.75) is 6.42 Å². The van der Waals surface area contributed by atoms with Crippen molar-refractivity contribution in [1.29, 1.82) is 0 Å². The molecule has 0 fully saturated rings. The lowest BCUT2D eigenvalue weighted by molar-refractivity contribution is 0.202. The molecule has 0 saturated heterocycles. The van der Waals surface area contributed by atoms with Crippen LogP contribution in [-0.4, -0.2) is 13.7 Å². The monoisotopic (exact) mass is 123 g/mol. The highest BCUT2D eigenvalue weighted by Gasteiger charge is 1.97. The zero-order valence-corrected chi connectivity index (χ0v) is 5.63. The Hall–Kier alpha value is -0.560. The zero-order valence-electron chi connectivity index (χ0n) is 5.63. The van der Waals surface area contributed by atoms with E-state index in [1.807, 2.05) is 12.2 Å². The molecular weight excluding hydrogens is 112 g/mol. The zero-order chi connectivity index (χ0) is 6.53. The molecule has 0 bridgehead atoms. The van der Waals surface area contributed by atoms with Crippen LogP contribution in [0.15, 0.2) is 23.8 Å². The highest BCUT2D eigenvalue weighted by atomic mass is 16.5. The maximum atomic E-state index is 4.92. The molecule has 1 aliphatic carbocycles. The van der Waals surface area contributed by atoms with E-state index in [1.54, 1.807) is 7.11 Å². The van der Waals surface area contributed by atoms with Gasteiger partial charge >= 0.3 is 0 Å². The van der Waals surface area contributed by atoms with Crippen molar-refractivity contribution in [2.75, 3.05) is 13.7 Å². The summed E-state index contributed by atoms with van der Waals surface area (Å²) in [6.45, 7) is 0.823. The second kappa shape index (κ2) is 3.46. The summed E-state index contributed by atoms with van der Waals surface area (Å²) >= 11 is 0. The van der Waals surface area contributed by atoms with E-state index < -0.39 is 0 Å². The van der Waals surface area contributed by atoms with Crippen molar-refractivity contribution in [3.8, 4) is 0 Å². The lowest BCUT2D eigenvalue weighted by Gasteiger charge is -1.97. The van der Waals surface area contributed by atoms with Crippen molar-refractivity contribution in [3.63, 3.8) is 0 Å². The van der Waals surface area contributed by atoms with Crippen LogP contribution in [-0.2, 0) is 4.74 Å². The van der Waals surface area contributed by atoms with Crippen LogP contribution in [0.5, 0.6) is 0 Å². The van der Waals surface area contributed by atoms with Gasteiger partial charge in [-0.05, 0) is 6.42 Å². The van der Waals surface area contributed by atoms with Crippen molar-refractivity contribution in [3.05, 3.63) is 30.2 Å². The first kappa shape index (κ1) is 6.56. The van der Waals surface area contributed by atoms with Crippen LogP contribution in [0.25, 0.3) is 0 Å². The lowest BCUT2D eigenvalue weighted by atomic mass is 10.2. The number of allylic oxidation sites excluding steroid dienone is 3. The summed E-state index contributed by atoms with van der Waals surface area (Å²) in [7, 11) is 1.73. The Kier molecular flexibility index (Phi) is 2.52. The fraction of sp³-hybridized carbons (Fsp3) is 0.375. The molecule has 0 saturated carbocycles. The van der Waals surface area contributed by atoms with Crippen LogP contribution in [0.4, 0.5) is 0 Å². The molecule has 0 unspecified atom stereocenters. The number of hydrogen-bond donors (Lipinski definition) is 0. The normalized spacial score (nSPS) is 16.3.